The van der Waals surface area contributed by atoms with E-state index in [4.69, 9.17) is 20.4 Å². The minimum Gasteiger partial charge on any atom is -0.382 e. The van der Waals surface area contributed by atoms with Crippen molar-refractivity contribution in [2.75, 3.05) is 18.8 Å². The van der Waals surface area contributed by atoms with Crippen LogP contribution in [0.4, 0.5) is 5.82 Å². The number of fused-ring (bicyclic) bond motifs is 2. The van der Waals surface area contributed by atoms with E-state index in [0.29, 0.717) is 17.8 Å². The number of aromatic nitrogens is 4. The maximum atomic E-state index is 6.45. The van der Waals surface area contributed by atoms with E-state index < -0.39 is 0 Å². The molecule has 2 N–H and O–H groups in total. The van der Waals surface area contributed by atoms with E-state index in [1.807, 2.05) is 24.4 Å². The molecule has 0 amide bonds. The van der Waals surface area contributed by atoms with Crippen LogP contribution in [0.5, 0.6) is 0 Å². The van der Waals surface area contributed by atoms with Crippen LogP contribution in [0.15, 0.2) is 73.1 Å². The summed E-state index contributed by atoms with van der Waals surface area (Å²) in [5.74, 6) is 1.96. The first-order valence-electron chi connectivity index (χ1n) is 13.5. The van der Waals surface area contributed by atoms with E-state index in [2.05, 4.69) is 70.6 Å². The van der Waals surface area contributed by atoms with Crippen LogP contribution in [0.25, 0.3) is 38.9 Å². The second-order valence-corrected chi connectivity index (χ2v) is 10.9. The Bertz CT molecular complexity index is 1610. The van der Waals surface area contributed by atoms with Gasteiger partial charge in [0.2, 0.25) is 0 Å². The van der Waals surface area contributed by atoms with Crippen molar-refractivity contribution < 1.29 is 4.74 Å². The van der Waals surface area contributed by atoms with Crippen molar-refractivity contribution >= 4 is 22.2 Å². The molecule has 4 heterocycles. The number of nitrogen functional groups attached to an aromatic ring is 1. The molecule has 2 aliphatic rings. The largest absolute Gasteiger partial charge is 0.382 e. The molecule has 1 saturated heterocycles. The summed E-state index contributed by atoms with van der Waals surface area (Å²) in [5, 5.41) is 1.10. The van der Waals surface area contributed by atoms with Crippen molar-refractivity contribution in [3.05, 3.63) is 78.9 Å². The van der Waals surface area contributed by atoms with Gasteiger partial charge < -0.3 is 10.5 Å². The first kappa shape index (κ1) is 23.3. The topological polar surface area (TPSA) is 81.6 Å². The Kier molecular flexibility index (Phi) is 5.64. The average molecular weight is 505 g/mol. The van der Waals surface area contributed by atoms with Gasteiger partial charge in [0, 0.05) is 54.0 Å². The molecule has 7 rings (SSSR count). The molecule has 2 fully saturated rings. The Balaban J connectivity index is 1.24. The van der Waals surface area contributed by atoms with Crippen LogP contribution >= 0.6 is 0 Å². The number of rotatable bonds is 4. The summed E-state index contributed by atoms with van der Waals surface area (Å²) in [6.07, 6.45) is 6.53. The van der Waals surface area contributed by atoms with Crippen LogP contribution in [-0.4, -0.2) is 55.6 Å². The Morgan fingerprint density at radius 1 is 0.895 bits per heavy atom. The molecule has 5 aromatic rings. The lowest BCUT2D eigenvalue weighted by molar-refractivity contribution is -0.0920. The number of nitrogens with zero attached hydrogens (tertiary/aromatic N) is 5. The zero-order valence-corrected chi connectivity index (χ0v) is 21.8. The van der Waals surface area contributed by atoms with Gasteiger partial charge in [-0.2, -0.15) is 0 Å². The Morgan fingerprint density at radius 2 is 1.66 bits per heavy atom. The van der Waals surface area contributed by atoms with Gasteiger partial charge in [-0.15, -0.1) is 0 Å². The molecule has 3 aromatic heterocycles. The number of nitrogens with two attached hydrogens (primary N) is 1. The predicted octanol–water partition coefficient (Wildman–Crippen LogP) is 5.55. The second-order valence-electron chi connectivity index (χ2n) is 10.9. The first-order valence-corrected chi connectivity index (χ1v) is 13.5. The summed E-state index contributed by atoms with van der Waals surface area (Å²) in [4.78, 5) is 17.2. The average Bonchev–Trinajstić information content (AvgIpc) is 3.28. The number of benzene rings is 2. The van der Waals surface area contributed by atoms with Crippen LogP contribution in [-0.2, 0) is 4.74 Å². The van der Waals surface area contributed by atoms with Gasteiger partial charge in [0.05, 0.1) is 23.4 Å². The summed E-state index contributed by atoms with van der Waals surface area (Å²) in [6.45, 7) is 6.34. The molecule has 7 nitrogen and oxygen atoms in total. The summed E-state index contributed by atoms with van der Waals surface area (Å²) < 4.78 is 8.10. The third kappa shape index (κ3) is 4.03. The highest BCUT2D eigenvalue weighted by atomic mass is 16.5. The van der Waals surface area contributed by atoms with E-state index in [9.17, 15) is 0 Å². The molecular formula is C31H32N6O. The molecule has 192 valence electrons. The first-order chi connectivity index (χ1) is 18.5. The number of hydrogen-bond acceptors (Lipinski definition) is 6. The van der Waals surface area contributed by atoms with E-state index >= 15 is 0 Å². The number of pyridine rings is 1. The monoisotopic (exact) mass is 504 g/mol. The molecule has 1 aliphatic carbocycles. The van der Waals surface area contributed by atoms with Crippen molar-refractivity contribution in [2.45, 2.75) is 50.9 Å². The maximum Gasteiger partial charge on any atom is 0.150 e. The van der Waals surface area contributed by atoms with Gasteiger partial charge in [0.15, 0.2) is 0 Å². The zero-order valence-electron chi connectivity index (χ0n) is 21.8. The molecule has 2 aromatic carbocycles. The minimum absolute atomic E-state index is 0.284. The maximum absolute atomic E-state index is 6.45. The lowest BCUT2D eigenvalue weighted by Crippen LogP contribution is -2.53. The van der Waals surface area contributed by atoms with Gasteiger partial charge in [0.1, 0.15) is 22.9 Å². The van der Waals surface area contributed by atoms with Crippen molar-refractivity contribution in [3.63, 3.8) is 0 Å². The molecule has 0 bridgehead atoms. The van der Waals surface area contributed by atoms with Gasteiger partial charge in [-0.3, -0.25) is 9.30 Å². The predicted molar refractivity (Wildman–Crippen MR) is 151 cm³/mol. The Labute approximate surface area is 222 Å². The fraction of sp³-hybridized carbons (Fsp3) is 0.323. The number of imidazole rings is 1. The van der Waals surface area contributed by atoms with Crippen molar-refractivity contribution in [3.8, 4) is 22.5 Å². The molecule has 0 radical (unpaired) electrons. The van der Waals surface area contributed by atoms with Gasteiger partial charge in [-0.05, 0) is 38.8 Å². The number of morpholine rings is 1. The lowest BCUT2D eigenvalue weighted by atomic mass is 9.78. The van der Waals surface area contributed by atoms with Crippen LogP contribution in [0.2, 0.25) is 0 Å². The van der Waals surface area contributed by atoms with Crippen molar-refractivity contribution in [1.29, 1.82) is 0 Å². The van der Waals surface area contributed by atoms with Crippen LogP contribution in [0.1, 0.15) is 38.4 Å². The molecular weight excluding hydrogens is 472 g/mol. The van der Waals surface area contributed by atoms with Crippen LogP contribution in [0.3, 0.4) is 0 Å². The molecule has 2 atom stereocenters. The van der Waals surface area contributed by atoms with Gasteiger partial charge in [-0.1, -0.05) is 48.5 Å². The Hall–Kier alpha value is -3.81. The summed E-state index contributed by atoms with van der Waals surface area (Å²) in [7, 11) is 0. The molecule has 38 heavy (non-hydrogen) atoms. The summed E-state index contributed by atoms with van der Waals surface area (Å²) >= 11 is 0. The van der Waals surface area contributed by atoms with Crippen molar-refractivity contribution in [2.24, 2.45) is 0 Å². The Morgan fingerprint density at radius 3 is 2.45 bits per heavy atom. The lowest BCUT2D eigenvalue weighted by Gasteiger charge is -2.46. The zero-order chi connectivity index (χ0) is 25.8. The van der Waals surface area contributed by atoms with Crippen LogP contribution < -0.4 is 5.73 Å². The SMILES string of the molecule is C[C@@H]1CN([C@H]2C[C@@H](c3nc(-c4ccc5ccc(-c6ccccc6)nc5c4)c4c(N)nccn43)C2)C[C@H](C)O1. The van der Waals surface area contributed by atoms with Gasteiger partial charge in [0.25, 0.3) is 0 Å². The second kappa shape index (κ2) is 9.19. The highest BCUT2D eigenvalue weighted by Gasteiger charge is 2.39. The third-order valence-corrected chi connectivity index (χ3v) is 8.09. The van der Waals surface area contributed by atoms with E-state index in [0.717, 1.165) is 70.7 Å². The fourth-order valence-corrected chi connectivity index (χ4v) is 6.22. The highest BCUT2D eigenvalue weighted by molar-refractivity contribution is 5.91. The van der Waals surface area contributed by atoms with Crippen molar-refractivity contribution in [1.82, 2.24) is 24.3 Å². The summed E-state index contributed by atoms with van der Waals surface area (Å²) in [6, 6.07) is 21.4. The number of ether oxygens (including phenoxy) is 1. The minimum atomic E-state index is 0.284. The number of hydrogen-bond donors (Lipinski definition) is 1. The quantitative estimate of drug-likeness (QED) is 0.346. The normalized spacial score (nSPS) is 24.1. The van der Waals surface area contributed by atoms with Crippen LogP contribution in [0, 0.1) is 0 Å². The van der Waals surface area contributed by atoms with Gasteiger partial charge >= 0.3 is 0 Å². The molecule has 0 unspecified atom stereocenters. The smallest absolute Gasteiger partial charge is 0.150 e. The standard InChI is InChI=1S/C31H32N6O/c1-19-17-36(18-20(2)38-19)25-14-24(15-25)31-35-28(29-30(32)33-12-13-37(29)31)23-9-8-22-10-11-26(34-27(22)16-23)21-6-4-3-5-7-21/h3-13,16,19-20,24-25H,14-15,17-18H2,1-2H3,(H2,32,33)/t19-,20+,24-,25+. The number of anilines is 1. The third-order valence-electron chi connectivity index (χ3n) is 8.09. The molecule has 7 heteroatoms. The molecule has 0 spiro atoms. The highest BCUT2D eigenvalue weighted by Crippen LogP contribution is 2.42. The fourth-order valence-electron chi connectivity index (χ4n) is 6.22. The molecule has 1 aliphatic heterocycles. The van der Waals surface area contributed by atoms with E-state index in [1.54, 1.807) is 6.20 Å². The van der Waals surface area contributed by atoms with E-state index in [-0.39, 0.29) is 12.2 Å². The molecule has 1 saturated carbocycles. The summed E-state index contributed by atoms with van der Waals surface area (Å²) in [5.41, 5.74) is 12.2. The van der Waals surface area contributed by atoms with E-state index in [1.165, 1.54) is 0 Å². The van der Waals surface area contributed by atoms with Gasteiger partial charge in [-0.25, -0.2) is 15.0 Å².